The number of nitrogens with zero attached hydrogens (tertiary/aromatic N) is 1. The minimum absolute atomic E-state index is 0.185. The molecule has 266 valence electrons. The second-order valence-electron chi connectivity index (χ2n) is 12.4. The van der Waals surface area contributed by atoms with Crippen molar-refractivity contribution in [1.29, 1.82) is 0 Å². The molecule has 0 spiro atoms. The van der Waals surface area contributed by atoms with Crippen LogP contribution in [0, 0.1) is 0 Å². The van der Waals surface area contributed by atoms with E-state index >= 15 is 0 Å². The second-order valence-corrected chi connectivity index (χ2v) is 15.3. The van der Waals surface area contributed by atoms with Gasteiger partial charge in [0.2, 0.25) is 0 Å². The molecule has 0 bridgehead atoms. The number of unbranched alkanes of at least 4 members (excludes halogenated alkanes) is 3. The van der Waals surface area contributed by atoms with Crippen LogP contribution in [0.25, 0.3) is 6.08 Å². The highest BCUT2D eigenvalue weighted by atomic mass is 32.2. The summed E-state index contributed by atoms with van der Waals surface area (Å²) in [4.78, 5) is 13.5. The van der Waals surface area contributed by atoms with Crippen LogP contribution in [0.3, 0.4) is 0 Å². The van der Waals surface area contributed by atoms with Gasteiger partial charge in [-0.1, -0.05) is 69.0 Å². The van der Waals surface area contributed by atoms with E-state index < -0.39 is 25.7 Å². The Kier molecular flexibility index (Phi) is 14.8. The van der Waals surface area contributed by atoms with Gasteiger partial charge in [-0.3, -0.25) is 13.9 Å². The Balaban J connectivity index is 1.72. The van der Waals surface area contributed by atoms with Gasteiger partial charge in [-0.15, -0.1) is 0 Å². The Morgan fingerprint density at radius 1 is 0.959 bits per heavy atom. The number of para-hydroxylation sites is 1. The van der Waals surface area contributed by atoms with Crippen LogP contribution >= 0.6 is 0 Å². The van der Waals surface area contributed by atoms with Crippen LogP contribution in [0.5, 0.6) is 0 Å². The third-order valence-corrected chi connectivity index (χ3v) is 10.0. The van der Waals surface area contributed by atoms with Crippen molar-refractivity contribution in [1.82, 2.24) is 0 Å². The minimum Gasteiger partial charge on any atom is -0.466 e. The van der Waals surface area contributed by atoms with Crippen molar-refractivity contribution in [2.45, 2.75) is 69.6 Å². The zero-order valence-electron chi connectivity index (χ0n) is 28.5. The molecular weight excluding hydrogens is 665 g/mol. The van der Waals surface area contributed by atoms with E-state index in [4.69, 9.17) is 9.29 Å². The van der Waals surface area contributed by atoms with Crippen LogP contribution in [-0.4, -0.2) is 57.4 Å². The highest BCUT2D eigenvalue weighted by Gasteiger charge is 2.29. The number of benzene rings is 2. The highest BCUT2D eigenvalue weighted by Crippen LogP contribution is 2.36. The fraction of sp³-hybridized carbons (Fsp3) is 0.378. The number of fused-ring (bicyclic) bond motifs is 1. The summed E-state index contributed by atoms with van der Waals surface area (Å²) in [7, 11) is -8.42. The molecule has 4 N–H and O–H groups in total. The van der Waals surface area contributed by atoms with Gasteiger partial charge in [-0.2, -0.15) is 16.8 Å². The van der Waals surface area contributed by atoms with Gasteiger partial charge in [0, 0.05) is 41.4 Å². The fourth-order valence-electron chi connectivity index (χ4n) is 5.50. The average Bonchev–Trinajstić information content (AvgIpc) is 3.04. The molecule has 12 heteroatoms. The first-order valence-electron chi connectivity index (χ1n) is 16.5. The van der Waals surface area contributed by atoms with E-state index in [1.54, 1.807) is 13.0 Å². The third kappa shape index (κ3) is 12.5. The first kappa shape index (κ1) is 39.6. The molecule has 10 nitrogen and oxygen atoms in total. The van der Waals surface area contributed by atoms with E-state index in [1.165, 1.54) is 12.1 Å². The summed E-state index contributed by atoms with van der Waals surface area (Å²) in [5, 5.41) is 2.04. The predicted octanol–water partition coefficient (Wildman–Crippen LogP) is 6.28. The number of carbonyl (C=O) groups is 1. The van der Waals surface area contributed by atoms with Crippen molar-refractivity contribution >= 4 is 43.7 Å². The topological polar surface area (TPSA) is 155 Å². The smallest absolute Gasteiger partial charge is 0.305 e. The molecule has 1 aliphatic rings. The minimum atomic E-state index is -4.42. The molecule has 3 rings (SSSR count). The largest absolute Gasteiger partial charge is 0.466 e. The Hall–Kier alpha value is -3.81. The van der Waals surface area contributed by atoms with Gasteiger partial charge < -0.3 is 15.0 Å². The van der Waals surface area contributed by atoms with Gasteiger partial charge in [0.15, 0.2) is 0 Å². The summed E-state index contributed by atoms with van der Waals surface area (Å²) in [6.07, 6.45) is 17.2. The van der Waals surface area contributed by atoms with Crippen LogP contribution in [0.2, 0.25) is 0 Å². The quantitative estimate of drug-likeness (QED) is 0.0502. The molecule has 1 heterocycles. The lowest BCUT2D eigenvalue weighted by Gasteiger charge is -2.30. The van der Waals surface area contributed by atoms with Gasteiger partial charge in [0.25, 0.3) is 20.2 Å². The first-order chi connectivity index (χ1) is 23.1. The van der Waals surface area contributed by atoms with Gasteiger partial charge >= 0.3 is 5.97 Å². The number of anilines is 1. The zero-order chi connectivity index (χ0) is 36.1. The summed E-state index contributed by atoms with van der Waals surface area (Å²) in [6.45, 7) is 11.7. The summed E-state index contributed by atoms with van der Waals surface area (Å²) in [5.74, 6) is -0.472. The maximum atomic E-state index is 12.0. The fourth-order valence-corrected chi connectivity index (χ4v) is 6.57. The van der Waals surface area contributed by atoms with E-state index in [0.717, 1.165) is 54.0 Å². The Morgan fingerprint density at radius 2 is 1.71 bits per heavy atom. The number of quaternary nitrogens is 1. The van der Waals surface area contributed by atoms with Crippen molar-refractivity contribution in [3.05, 3.63) is 108 Å². The maximum absolute atomic E-state index is 12.0. The molecule has 2 aromatic rings. The molecular formula is C37H49N2O8S2+. The van der Waals surface area contributed by atoms with Crippen molar-refractivity contribution in [3.63, 3.8) is 0 Å². The van der Waals surface area contributed by atoms with Crippen LogP contribution in [-0.2, 0) is 35.2 Å². The van der Waals surface area contributed by atoms with Gasteiger partial charge in [-0.25, -0.2) is 0 Å². The summed E-state index contributed by atoms with van der Waals surface area (Å²) in [5.41, 5.74) is 4.60. The van der Waals surface area contributed by atoms with E-state index in [0.29, 0.717) is 38.0 Å². The standard InChI is InChI=1S/C37H48N2O8S2/c1-5-47-36(40)20-10-7-13-25-38-34-24-23-32(49(44,45)46)28-33(34)37(3,4)29(2)16-8-6-9-18-31-22-21-30-17-11-12-19-35(30)39(31)26-14-15-27-48(41,42)43/h6,8-9,11-12,16-19,21-24,28,38H,2,5,7,10,13-15,20,25-27H2,1,3-4H3,(H,41,42,43)(H,44,45,46)/p+1. The number of nitrogens with two attached hydrogens (primary N) is 1. The lowest BCUT2D eigenvalue weighted by molar-refractivity contribution is -0.572. The van der Waals surface area contributed by atoms with Crippen molar-refractivity contribution in [2.75, 3.05) is 30.3 Å². The normalized spacial score (nSPS) is 14.6. The lowest BCUT2D eigenvalue weighted by Crippen LogP contribution is -2.78. The molecule has 2 aromatic carbocycles. The number of esters is 1. The van der Waals surface area contributed by atoms with Gasteiger partial charge in [0.1, 0.15) is 5.69 Å². The molecule has 0 amide bonds. The predicted molar refractivity (Wildman–Crippen MR) is 195 cm³/mol. The molecule has 0 atom stereocenters. The molecule has 0 aliphatic carbocycles. The highest BCUT2D eigenvalue weighted by molar-refractivity contribution is 7.86. The summed E-state index contributed by atoms with van der Waals surface area (Å²) < 4.78 is 70.2. The molecule has 0 saturated carbocycles. The summed E-state index contributed by atoms with van der Waals surface area (Å²) >= 11 is 0. The maximum Gasteiger partial charge on any atom is 0.305 e. The number of carbonyl (C=O) groups excluding carboxylic acids is 1. The van der Waals surface area contributed by atoms with Crippen LogP contribution in [0.4, 0.5) is 11.4 Å². The number of hydrogen-bond donors (Lipinski definition) is 3. The molecule has 0 unspecified atom stereocenters. The van der Waals surface area contributed by atoms with E-state index in [1.807, 2.05) is 86.0 Å². The van der Waals surface area contributed by atoms with E-state index in [-0.39, 0.29) is 16.6 Å². The van der Waals surface area contributed by atoms with Gasteiger partial charge in [0.05, 0.1) is 23.8 Å². The Bertz CT molecular complexity index is 1810. The number of allylic oxidation sites excluding steroid dienone is 7. The van der Waals surface area contributed by atoms with Crippen LogP contribution in [0.1, 0.15) is 70.4 Å². The molecule has 0 saturated heterocycles. The SMILES string of the molecule is C=C(C=CC=CC=C1C=Cc2ccccc2N1CCCCS(=O)(=O)O)C(C)(C)c1cc(S(=O)(=O)O)ccc1[NH2+]CCCCCC(=O)OCC. The zero-order valence-corrected chi connectivity index (χ0v) is 30.2. The first-order valence-corrected chi connectivity index (χ1v) is 19.5. The lowest BCUT2D eigenvalue weighted by atomic mass is 9.77. The Labute approximate surface area is 291 Å². The van der Waals surface area contributed by atoms with E-state index in [9.17, 15) is 26.2 Å². The molecule has 0 radical (unpaired) electrons. The summed E-state index contributed by atoms with van der Waals surface area (Å²) in [6, 6.07) is 12.5. The second kappa shape index (κ2) is 18.3. The molecule has 49 heavy (non-hydrogen) atoms. The molecule has 1 aliphatic heterocycles. The number of rotatable bonds is 19. The van der Waals surface area contributed by atoms with E-state index in [2.05, 4.69) is 11.5 Å². The molecule has 0 fully saturated rings. The average molecular weight is 714 g/mol. The number of ether oxygens (including phenoxy) is 1. The monoisotopic (exact) mass is 713 g/mol. The molecule has 0 aromatic heterocycles. The van der Waals surface area contributed by atoms with Crippen molar-refractivity contribution in [3.8, 4) is 0 Å². The van der Waals surface area contributed by atoms with Crippen molar-refractivity contribution in [2.24, 2.45) is 0 Å². The van der Waals surface area contributed by atoms with Gasteiger partial charge in [-0.05, 0) is 80.5 Å². The third-order valence-electron chi connectivity index (χ3n) is 8.35. The van der Waals surface area contributed by atoms with Crippen LogP contribution in [0.15, 0.2) is 102 Å². The number of hydrogen-bond acceptors (Lipinski definition) is 7. The Morgan fingerprint density at radius 3 is 2.43 bits per heavy atom. The van der Waals surface area contributed by atoms with Crippen LogP contribution < -0.4 is 10.2 Å². The van der Waals surface area contributed by atoms with Crippen molar-refractivity contribution < 1.29 is 40.8 Å².